The molecule has 4 rings (SSSR count). The molecule has 1 aromatic heterocycles. The Morgan fingerprint density at radius 1 is 0.903 bits per heavy atom. The summed E-state index contributed by atoms with van der Waals surface area (Å²) in [5, 5.41) is 14.6. The van der Waals surface area contributed by atoms with Crippen molar-refractivity contribution in [2.24, 2.45) is 0 Å². The Hall–Kier alpha value is -3.37. The van der Waals surface area contributed by atoms with Crippen LogP contribution in [0.25, 0.3) is 10.9 Å². The van der Waals surface area contributed by atoms with Crippen molar-refractivity contribution in [1.29, 1.82) is 0 Å². The van der Waals surface area contributed by atoms with Gasteiger partial charge in [-0.05, 0) is 41.7 Å². The summed E-state index contributed by atoms with van der Waals surface area (Å²) >= 11 is 0. The number of benzene rings is 3. The lowest BCUT2D eigenvalue weighted by molar-refractivity contribution is 0.0684. The van der Waals surface area contributed by atoms with E-state index >= 15 is 0 Å². The molecule has 0 saturated carbocycles. The van der Waals surface area contributed by atoms with Gasteiger partial charge in [-0.1, -0.05) is 73.7 Å². The molecule has 31 heavy (non-hydrogen) atoms. The molecular formula is C27H28N2O2. The highest BCUT2D eigenvalue weighted by atomic mass is 16.4. The summed E-state index contributed by atoms with van der Waals surface area (Å²) in [6, 6.07) is 24.7. The maximum Gasteiger partial charge on any atom is 0.352 e. The van der Waals surface area contributed by atoms with Gasteiger partial charge in [0.15, 0.2) is 0 Å². The predicted octanol–water partition coefficient (Wildman–Crippen LogP) is 5.55. The molecule has 1 heterocycles. The Morgan fingerprint density at radius 3 is 2.29 bits per heavy atom. The number of carboxylic acid groups (broad SMARTS) is 1. The second kappa shape index (κ2) is 9.19. The van der Waals surface area contributed by atoms with E-state index < -0.39 is 5.97 Å². The fraction of sp³-hybridized carbons (Fsp3) is 0.222. The van der Waals surface area contributed by atoms with Gasteiger partial charge in [0, 0.05) is 36.1 Å². The summed E-state index contributed by atoms with van der Waals surface area (Å²) in [7, 11) is 0. The smallest absolute Gasteiger partial charge is 0.352 e. The third-order valence-corrected chi connectivity index (χ3v) is 5.77. The monoisotopic (exact) mass is 412 g/mol. The van der Waals surface area contributed by atoms with Crippen LogP contribution < -0.4 is 5.32 Å². The SMILES string of the molecule is CCc1ccc(CNCc2c(C(=O)O)n(Cc3ccccc3)c3cc(C)ccc23)cc1. The molecule has 4 heteroatoms. The van der Waals surface area contributed by atoms with Gasteiger partial charge in [0.2, 0.25) is 0 Å². The molecule has 4 nitrogen and oxygen atoms in total. The number of aryl methyl sites for hydroxylation is 2. The second-order valence-corrected chi connectivity index (χ2v) is 8.00. The number of carbonyl (C=O) groups is 1. The molecular weight excluding hydrogens is 384 g/mol. The standard InChI is InChI=1S/C27H28N2O2/c1-3-20-10-12-21(13-11-20)16-28-17-24-23-14-9-19(2)15-25(23)29(26(24)27(30)31)18-22-7-5-4-6-8-22/h4-15,28H,3,16-18H2,1-2H3,(H,30,31). The van der Waals surface area contributed by atoms with Crippen molar-refractivity contribution in [2.75, 3.05) is 0 Å². The number of fused-ring (bicyclic) bond motifs is 1. The molecule has 4 aromatic rings. The molecule has 0 fully saturated rings. The summed E-state index contributed by atoms with van der Waals surface area (Å²) < 4.78 is 1.94. The summed E-state index contributed by atoms with van der Waals surface area (Å²) in [5.74, 6) is -0.895. The molecule has 0 unspecified atom stereocenters. The zero-order valence-electron chi connectivity index (χ0n) is 18.1. The van der Waals surface area contributed by atoms with Gasteiger partial charge in [-0.2, -0.15) is 0 Å². The molecule has 0 aliphatic carbocycles. The predicted molar refractivity (Wildman–Crippen MR) is 126 cm³/mol. The summed E-state index contributed by atoms with van der Waals surface area (Å²) in [6.07, 6.45) is 1.02. The minimum atomic E-state index is -0.895. The molecule has 3 aromatic carbocycles. The highest BCUT2D eigenvalue weighted by molar-refractivity contribution is 5.98. The molecule has 0 aliphatic rings. The van der Waals surface area contributed by atoms with Gasteiger partial charge in [-0.3, -0.25) is 0 Å². The highest BCUT2D eigenvalue weighted by Gasteiger charge is 2.22. The summed E-state index contributed by atoms with van der Waals surface area (Å²) in [4.78, 5) is 12.3. The van der Waals surface area contributed by atoms with E-state index in [0.29, 0.717) is 25.3 Å². The molecule has 158 valence electrons. The largest absolute Gasteiger partial charge is 0.477 e. The van der Waals surface area contributed by atoms with E-state index in [9.17, 15) is 9.90 Å². The lowest BCUT2D eigenvalue weighted by atomic mass is 10.1. The average molecular weight is 413 g/mol. The van der Waals surface area contributed by atoms with Crippen LogP contribution in [0.3, 0.4) is 0 Å². The Balaban J connectivity index is 1.68. The van der Waals surface area contributed by atoms with Crippen LogP contribution in [0.5, 0.6) is 0 Å². The van der Waals surface area contributed by atoms with E-state index in [1.807, 2.05) is 54.0 Å². The number of carboxylic acids is 1. The van der Waals surface area contributed by atoms with Crippen LogP contribution in [-0.4, -0.2) is 15.6 Å². The fourth-order valence-corrected chi connectivity index (χ4v) is 4.11. The molecule has 0 spiro atoms. The first-order valence-corrected chi connectivity index (χ1v) is 10.7. The fourth-order valence-electron chi connectivity index (χ4n) is 4.11. The van der Waals surface area contributed by atoms with Crippen LogP contribution >= 0.6 is 0 Å². The van der Waals surface area contributed by atoms with Crippen LogP contribution in [0.4, 0.5) is 0 Å². The van der Waals surface area contributed by atoms with Crippen molar-refractivity contribution in [3.8, 4) is 0 Å². The van der Waals surface area contributed by atoms with Crippen LogP contribution in [0.15, 0.2) is 72.8 Å². The van der Waals surface area contributed by atoms with Gasteiger partial charge in [-0.15, -0.1) is 0 Å². The molecule has 0 atom stereocenters. The van der Waals surface area contributed by atoms with Crippen LogP contribution in [0, 0.1) is 6.92 Å². The van der Waals surface area contributed by atoms with Crippen molar-refractivity contribution in [1.82, 2.24) is 9.88 Å². The zero-order valence-corrected chi connectivity index (χ0v) is 18.1. The maximum absolute atomic E-state index is 12.3. The first-order chi connectivity index (χ1) is 15.1. The van der Waals surface area contributed by atoms with Gasteiger partial charge in [0.05, 0.1) is 0 Å². The summed E-state index contributed by atoms with van der Waals surface area (Å²) in [5.41, 5.74) is 6.87. The first-order valence-electron chi connectivity index (χ1n) is 10.7. The van der Waals surface area contributed by atoms with E-state index in [-0.39, 0.29) is 0 Å². The van der Waals surface area contributed by atoms with Crippen LogP contribution in [0.2, 0.25) is 0 Å². The number of rotatable bonds is 8. The Labute approximate surface area is 183 Å². The Kier molecular flexibility index (Phi) is 6.19. The molecule has 2 N–H and O–H groups in total. The number of nitrogens with one attached hydrogen (secondary N) is 1. The van der Waals surface area contributed by atoms with Gasteiger partial charge in [0.1, 0.15) is 5.69 Å². The third-order valence-electron chi connectivity index (χ3n) is 5.77. The normalized spacial score (nSPS) is 11.2. The lowest BCUT2D eigenvalue weighted by Crippen LogP contribution is -2.17. The van der Waals surface area contributed by atoms with Crippen molar-refractivity contribution in [3.63, 3.8) is 0 Å². The van der Waals surface area contributed by atoms with Gasteiger partial charge >= 0.3 is 5.97 Å². The number of nitrogens with zero attached hydrogens (tertiary/aromatic N) is 1. The average Bonchev–Trinajstić information content (AvgIpc) is 3.07. The minimum absolute atomic E-state index is 0.360. The number of aromatic carboxylic acids is 1. The number of aromatic nitrogens is 1. The first kappa shape index (κ1) is 20.9. The Bertz CT molecular complexity index is 1190. The van der Waals surface area contributed by atoms with E-state index in [4.69, 9.17) is 0 Å². The van der Waals surface area contributed by atoms with Crippen molar-refractivity contribution >= 4 is 16.9 Å². The van der Waals surface area contributed by atoms with Crippen molar-refractivity contribution in [2.45, 2.75) is 39.9 Å². The van der Waals surface area contributed by atoms with E-state index in [1.165, 1.54) is 11.1 Å². The number of hydrogen-bond acceptors (Lipinski definition) is 2. The lowest BCUT2D eigenvalue weighted by Gasteiger charge is -2.10. The zero-order chi connectivity index (χ0) is 21.8. The van der Waals surface area contributed by atoms with E-state index in [1.54, 1.807) is 0 Å². The molecule has 0 radical (unpaired) electrons. The third kappa shape index (κ3) is 4.54. The molecule has 0 saturated heterocycles. The van der Waals surface area contributed by atoms with Crippen molar-refractivity contribution in [3.05, 3.63) is 106 Å². The minimum Gasteiger partial charge on any atom is -0.477 e. The van der Waals surface area contributed by atoms with Crippen LogP contribution in [0.1, 0.15) is 45.2 Å². The topological polar surface area (TPSA) is 54.3 Å². The van der Waals surface area contributed by atoms with Crippen LogP contribution in [-0.2, 0) is 26.1 Å². The second-order valence-electron chi connectivity index (χ2n) is 8.00. The highest BCUT2D eigenvalue weighted by Crippen LogP contribution is 2.28. The maximum atomic E-state index is 12.3. The van der Waals surface area contributed by atoms with Gasteiger partial charge in [-0.25, -0.2) is 4.79 Å². The van der Waals surface area contributed by atoms with Crippen molar-refractivity contribution < 1.29 is 9.90 Å². The molecule has 0 bridgehead atoms. The Morgan fingerprint density at radius 2 is 1.61 bits per heavy atom. The quantitative estimate of drug-likeness (QED) is 0.399. The number of hydrogen-bond donors (Lipinski definition) is 2. The van der Waals surface area contributed by atoms with Gasteiger partial charge < -0.3 is 15.0 Å². The summed E-state index contributed by atoms with van der Waals surface area (Å²) in [6.45, 7) is 5.91. The van der Waals surface area contributed by atoms with Gasteiger partial charge in [0.25, 0.3) is 0 Å². The molecule has 0 aliphatic heterocycles. The molecule has 0 amide bonds. The van der Waals surface area contributed by atoms with E-state index in [0.717, 1.165) is 34.0 Å². The van der Waals surface area contributed by atoms with E-state index in [2.05, 4.69) is 42.6 Å².